The number of methoxy groups -OCH3 is 1. The van der Waals surface area contributed by atoms with Crippen molar-refractivity contribution in [2.24, 2.45) is 0 Å². The lowest BCUT2D eigenvalue weighted by Crippen LogP contribution is -2.31. The Hall–Kier alpha value is -5.22. The molecule has 1 saturated heterocycles. The van der Waals surface area contributed by atoms with Crippen molar-refractivity contribution in [3.8, 4) is 5.75 Å². The summed E-state index contributed by atoms with van der Waals surface area (Å²) >= 11 is 1.26. The number of amides is 4. The third-order valence-corrected chi connectivity index (χ3v) is 7.73. The van der Waals surface area contributed by atoms with Gasteiger partial charge in [-0.3, -0.25) is 19.2 Å². The third kappa shape index (κ3) is 7.17. The second-order valence-electron chi connectivity index (χ2n) is 9.48. The summed E-state index contributed by atoms with van der Waals surface area (Å²) in [5.41, 5.74) is 1.79. The maximum Gasteiger partial charge on any atom is 0.272 e. The zero-order valence-electron chi connectivity index (χ0n) is 23.0. The van der Waals surface area contributed by atoms with Gasteiger partial charge in [-0.1, -0.05) is 30.3 Å². The number of carbonyl (C=O) groups is 4. The fourth-order valence-electron chi connectivity index (χ4n) is 4.35. The lowest BCUT2D eigenvalue weighted by Gasteiger charge is -2.15. The molecule has 0 saturated carbocycles. The molecule has 0 radical (unpaired) electrons. The fraction of sp³-hybridized carbons (Fsp3) is 0.0909. The number of halogens is 1. The number of benzene rings is 4. The lowest BCUT2D eigenvalue weighted by molar-refractivity contribution is -0.121. The molecule has 0 aliphatic carbocycles. The second kappa shape index (κ2) is 13.2. The molecule has 2 N–H and O–H groups in total. The van der Waals surface area contributed by atoms with Gasteiger partial charge in [-0.05, 0) is 84.4 Å². The first-order valence-electron chi connectivity index (χ1n) is 13.2. The Labute approximate surface area is 251 Å². The molecule has 8 nitrogen and oxygen atoms in total. The predicted molar refractivity (Wildman–Crippen MR) is 163 cm³/mol. The Kier molecular flexibility index (Phi) is 8.97. The number of thioether (sulfide) groups is 1. The summed E-state index contributed by atoms with van der Waals surface area (Å²) in [4.78, 5) is 53.7. The average Bonchev–Trinajstić information content (AvgIpc) is 3.30. The van der Waals surface area contributed by atoms with Crippen molar-refractivity contribution in [2.75, 3.05) is 17.3 Å². The van der Waals surface area contributed by atoms with Crippen LogP contribution in [0.25, 0.3) is 6.08 Å². The van der Waals surface area contributed by atoms with E-state index in [1.165, 1.54) is 54.1 Å². The van der Waals surface area contributed by atoms with Crippen LogP contribution in [0.1, 0.15) is 22.3 Å². The van der Waals surface area contributed by atoms with E-state index in [1.807, 2.05) is 0 Å². The normalized spacial score (nSPS) is 14.9. The van der Waals surface area contributed by atoms with Crippen molar-refractivity contribution >= 4 is 52.8 Å². The number of ether oxygens (including phenoxy) is 1. The Morgan fingerprint density at radius 2 is 1.58 bits per heavy atom. The summed E-state index contributed by atoms with van der Waals surface area (Å²) in [6, 6.07) is 27.5. The Bertz CT molecular complexity index is 1670. The van der Waals surface area contributed by atoms with Crippen molar-refractivity contribution in [3.05, 3.63) is 126 Å². The molecule has 216 valence electrons. The quantitative estimate of drug-likeness (QED) is 0.191. The van der Waals surface area contributed by atoms with Crippen molar-refractivity contribution in [3.63, 3.8) is 0 Å². The van der Waals surface area contributed by atoms with Crippen LogP contribution in [0.4, 0.5) is 15.8 Å². The summed E-state index contributed by atoms with van der Waals surface area (Å²) in [6.07, 6.45) is 1.52. The van der Waals surface area contributed by atoms with E-state index >= 15 is 0 Å². The molecule has 5 rings (SSSR count). The van der Waals surface area contributed by atoms with Crippen LogP contribution in [-0.2, 0) is 14.4 Å². The minimum Gasteiger partial charge on any atom is -0.497 e. The number of carbonyl (C=O) groups excluding carboxylic acids is 4. The van der Waals surface area contributed by atoms with Gasteiger partial charge in [0.2, 0.25) is 11.8 Å². The number of nitrogens with one attached hydrogen (secondary N) is 2. The number of rotatable bonds is 9. The summed E-state index contributed by atoms with van der Waals surface area (Å²) in [6.45, 7) is 0. The molecule has 1 heterocycles. The number of anilines is 2. The van der Waals surface area contributed by atoms with Gasteiger partial charge in [0.1, 0.15) is 17.3 Å². The molecule has 1 aliphatic rings. The molecule has 43 heavy (non-hydrogen) atoms. The molecule has 4 aromatic rings. The molecular formula is C33H26FN3O5S. The van der Waals surface area contributed by atoms with Crippen LogP contribution < -0.4 is 20.3 Å². The number of hydrogen-bond donors (Lipinski definition) is 2. The van der Waals surface area contributed by atoms with Gasteiger partial charge in [-0.25, -0.2) is 9.29 Å². The average molecular weight is 596 g/mol. The van der Waals surface area contributed by atoms with E-state index in [2.05, 4.69) is 10.6 Å². The van der Waals surface area contributed by atoms with Crippen LogP contribution in [0.15, 0.2) is 114 Å². The molecule has 10 heteroatoms. The molecule has 1 unspecified atom stereocenters. The smallest absolute Gasteiger partial charge is 0.272 e. The Balaban J connectivity index is 1.27. The third-order valence-electron chi connectivity index (χ3n) is 6.54. The highest BCUT2D eigenvalue weighted by Gasteiger charge is 2.40. The zero-order chi connectivity index (χ0) is 30.3. The first-order valence-corrected chi connectivity index (χ1v) is 14.1. The summed E-state index contributed by atoms with van der Waals surface area (Å²) in [5.74, 6) is -1.45. The minimum atomic E-state index is -0.589. The van der Waals surface area contributed by atoms with E-state index in [-0.39, 0.29) is 23.9 Å². The van der Waals surface area contributed by atoms with Crippen molar-refractivity contribution in [1.29, 1.82) is 0 Å². The van der Waals surface area contributed by atoms with Gasteiger partial charge in [0.05, 0.1) is 18.0 Å². The van der Waals surface area contributed by atoms with Crippen LogP contribution >= 0.6 is 11.8 Å². The summed E-state index contributed by atoms with van der Waals surface area (Å²) < 4.78 is 18.6. The van der Waals surface area contributed by atoms with E-state index in [0.717, 1.165) is 4.90 Å². The van der Waals surface area contributed by atoms with Gasteiger partial charge in [0.25, 0.3) is 11.8 Å². The zero-order valence-corrected chi connectivity index (χ0v) is 23.8. The van der Waals surface area contributed by atoms with Gasteiger partial charge >= 0.3 is 0 Å². The Morgan fingerprint density at radius 3 is 2.23 bits per heavy atom. The highest BCUT2D eigenvalue weighted by Crippen LogP contribution is 2.35. The van der Waals surface area contributed by atoms with Crippen molar-refractivity contribution in [2.45, 2.75) is 16.6 Å². The van der Waals surface area contributed by atoms with Gasteiger partial charge in [0, 0.05) is 22.6 Å². The van der Waals surface area contributed by atoms with Crippen LogP contribution in [0.2, 0.25) is 0 Å². The van der Waals surface area contributed by atoms with Gasteiger partial charge in [-0.2, -0.15) is 0 Å². The largest absolute Gasteiger partial charge is 0.497 e. The summed E-state index contributed by atoms with van der Waals surface area (Å²) in [7, 11) is 1.54. The molecule has 0 spiro atoms. The van der Waals surface area contributed by atoms with E-state index in [0.29, 0.717) is 28.3 Å². The maximum absolute atomic E-state index is 13.4. The maximum atomic E-state index is 13.4. The second-order valence-corrected chi connectivity index (χ2v) is 10.8. The summed E-state index contributed by atoms with van der Waals surface area (Å²) in [5, 5.41) is 4.81. The SMILES string of the molecule is COc1ccc(N2C(=O)CC(Sc3ccc(NC(=O)/C(=C/c4ccc(F)cc4)NC(=O)c4ccccc4)cc3)C2=O)cc1. The lowest BCUT2D eigenvalue weighted by atomic mass is 10.1. The first kappa shape index (κ1) is 29.3. The monoisotopic (exact) mass is 595 g/mol. The molecule has 1 atom stereocenters. The van der Waals surface area contributed by atoms with Crippen LogP contribution in [-0.4, -0.2) is 36.0 Å². The van der Waals surface area contributed by atoms with Crippen LogP contribution in [0.5, 0.6) is 5.75 Å². The molecule has 1 fully saturated rings. The molecule has 0 aromatic heterocycles. The van der Waals surface area contributed by atoms with Crippen LogP contribution in [0, 0.1) is 5.82 Å². The predicted octanol–water partition coefficient (Wildman–Crippen LogP) is 5.67. The number of hydrogen-bond acceptors (Lipinski definition) is 6. The van der Waals surface area contributed by atoms with Gasteiger partial charge in [-0.15, -0.1) is 11.8 Å². The first-order chi connectivity index (χ1) is 20.8. The molecule has 4 aromatic carbocycles. The van der Waals surface area contributed by atoms with Gasteiger partial charge < -0.3 is 15.4 Å². The van der Waals surface area contributed by atoms with E-state index < -0.39 is 22.9 Å². The number of nitrogens with zero attached hydrogens (tertiary/aromatic N) is 1. The minimum absolute atomic E-state index is 0.0346. The molecule has 0 bridgehead atoms. The van der Waals surface area contributed by atoms with E-state index in [4.69, 9.17) is 4.74 Å². The topological polar surface area (TPSA) is 105 Å². The molecular weight excluding hydrogens is 569 g/mol. The standard InChI is InChI=1S/C33H26FN3O5S/c1-42-26-15-13-25(14-16-26)37-30(38)20-29(33(37)41)43-27-17-11-24(12-18-27)35-32(40)28(19-21-7-9-23(34)10-8-21)36-31(39)22-5-3-2-4-6-22/h2-19,29H,20H2,1H3,(H,35,40)(H,36,39)/b28-19-. The molecule has 1 aliphatic heterocycles. The van der Waals surface area contributed by atoms with E-state index in [1.54, 1.807) is 78.9 Å². The van der Waals surface area contributed by atoms with Crippen molar-refractivity contribution in [1.82, 2.24) is 5.32 Å². The molecule has 4 amide bonds. The van der Waals surface area contributed by atoms with Crippen molar-refractivity contribution < 1.29 is 28.3 Å². The van der Waals surface area contributed by atoms with Gasteiger partial charge in [0.15, 0.2) is 0 Å². The number of imide groups is 1. The highest BCUT2D eigenvalue weighted by molar-refractivity contribution is 8.00. The van der Waals surface area contributed by atoms with Crippen LogP contribution in [0.3, 0.4) is 0 Å². The fourth-order valence-corrected chi connectivity index (χ4v) is 5.40. The Morgan fingerprint density at radius 1 is 0.907 bits per heavy atom. The van der Waals surface area contributed by atoms with E-state index in [9.17, 15) is 23.6 Å². The highest BCUT2D eigenvalue weighted by atomic mass is 32.2.